The fourth-order valence-corrected chi connectivity index (χ4v) is 4.14. The van der Waals surface area contributed by atoms with Gasteiger partial charge in [0.2, 0.25) is 0 Å². The van der Waals surface area contributed by atoms with E-state index >= 15 is 0 Å². The molecule has 20 heavy (non-hydrogen) atoms. The summed E-state index contributed by atoms with van der Waals surface area (Å²) in [6.45, 7) is 3.41. The lowest BCUT2D eigenvalue weighted by Crippen LogP contribution is -2.15. The molecule has 1 aromatic heterocycles. The fourth-order valence-electron chi connectivity index (χ4n) is 2.98. The van der Waals surface area contributed by atoms with Crippen molar-refractivity contribution in [2.75, 3.05) is 11.9 Å². The summed E-state index contributed by atoms with van der Waals surface area (Å²) in [5.41, 5.74) is 1.04. The molecule has 0 radical (unpaired) electrons. The number of halogens is 1. The highest BCUT2D eigenvalue weighted by molar-refractivity contribution is 7.22. The van der Waals surface area contributed by atoms with Crippen LogP contribution in [0, 0.1) is 11.8 Å². The molecule has 2 aromatic rings. The SMILES string of the molecule is CC1CCC(CCNc2nc3ccc(Cl)cc3s2)CC1. The van der Waals surface area contributed by atoms with Crippen molar-refractivity contribution in [3.8, 4) is 0 Å². The van der Waals surface area contributed by atoms with Crippen LogP contribution >= 0.6 is 22.9 Å². The molecule has 1 saturated carbocycles. The number of fused-ring (bicyclic) bond motifs is 1. The van der Waals surface area contributed by atoms with Gasteiger partial charge in [-0.2, -0.15) is 0 Å². The van der Waals surface area contributed by atoms with Crippen molar-refractivity contribution >= 4 is 38.3 Å². The van der Waals surface area contributed by atoms with Crippen LogP contribution in [-0.4, -0.2) is 11.5 Å². The molecule has 2 nitrogen and oxygen atoms in total. The third-order valence-electron chi connectivity index (χ3n) is 4.31. The van der Waals surface area contributed by atoms with E-state index in [0.29, 0.717) is 0 Å². The molecule has 1 N–H and O–H groups in total. The van der Waals surface area contributed by atoms with E-state index in [2.05, 4.69) is 17.2 Å². The first kappa shape index (κ1) is 14.2. The number of benzene rings is 1. The van der Waals surface area contributed by atoms with Gasteiger partial charge in [-0.3, -0.25) is 0 Å². The Labute approximate surface area is 129 Å². The van der Waals surface area contributed by atoms with Crippen molar-refractivity contribution in [3.63, 3.8) is 0 Å². The molecular formula is C16H21ClN2S. The molecule has 1 aromatic carbocycles. The summed E-state index contributed by atoms with van der Waals surface area (Å²) in [7, 11) is 0. The van der Waals surface area contributed by atoms with Gasteiger partial charge < -0.3 is 5.32 Å². The van der Waals surface area contributed by atoms with Crippen LogP contribution in [0.3, 0.4) is 0 Å². The predicted molar refractivity (Wildman–Crippen MR) is 88.9 cm³/mol. The molecule has 0 atom stereocenters. The average molecular weight is 309 g/mol. The van der Waals surface area contributed by atoms with Crippen LogP contribution in [0.2, 0.25) is 5.02 Å². The lowest BCUT2D eigenvalue weighted by Gasteiger charge is -2.26. The molecule has 1 heterocycles. The van der Waals surface area contributed by atoms with E-state index < -0.39 is 0 Å². The van der Waals surface area contributed by atoms with E-state index in [-0.39, 0.29) is 0 Å². The van der Waals surface area contributed by atoms with Gasteiger partial charge in [-0.1, -0.05) is 55.5 Å². The van der Waals surface area contributed by atoms with E-state index in [9.17, 15) is 0 Å². The first-order valence-corrected chi connectivity index (χ1v) is 8.70. The lowest BCUT2D eigenvalue weighted by atomic mass is 9.81. The highest BCUT2D eigenvalue weighted by Crippen LogP contribution is 2.31. The zero-order valence-corrected chi connectivity index (χ0v) is 13.4. The van der Waals surface area contributed by atoms with Crippen molar-refractivity contribution in [1.82, 2.24) is 4.98 Å². The number of hydrogen-bond acceptors (Lipinski definition) is 3. The van der Waals surface area contributed by atoms with Gasteiger partial charge in [0.1, 0.15) is 0 Å². The summed E-state index contributed by atoms with van der Waals surface area (Å²) < 4.78 is 1.16. The number of thiazole rings is 1. The van der Waals surface area contributed by atoms with Gasteiger partial charge in [-0.05, 0) is 36.5 Å². The van der Waals surface area contributed by atoms with Gasteiger partial charge in [-0.15, -0.1) is 0 Å². The Kier molecular flexibility index (Phi) is 4.47. The van der Waals surface area contributed by atoms with Crippen molar-refractivity contribution in [2.24, 2.45) is 11.8 Å². The zero-order chi connectivity index (χ0) is 13.9. The lowest BCUT2D eigenvalue weighted by molar-refractivity contribution is 0.282. The van der Waals surface area contributed by atoms with Gasteiger partial charge >= 0.3 is 0 Å². The predicted octanol–water partition coefficient (Wildman–Crippen LogP) is 5.58. The average Bonchev–Trinajstić information content (AvgIpc) is 2.83. The first-order valence-electron chi connectivity index (χ1n) is 7.50. The molecule has 0 aliphatic heterocycles. The third kappa shape index (κ3) is 3.44. The van der Waals surface area contributed by atoms with Crippen LogP contribution in [0.1, 0.15) is 39.0 Å². The minimum absolute atomic E-state index is 0.782. The molecule has 0 saturated heterocycles. The second kappa shape index (κ2) is 6.31. The Morgan fingerprint density at radius 3 is 2.90 bits per heavy atom. The van der Waals surface area contributed by atoms with E-state index in [1.54, 1.807) is 11.3 Å². The Hall–Kier alpha value is -0.800. The van der Waals surface area contributed by atoms with Crippen LogP contribution in [0.5, 0.6) is 0 Å². The summed E-state index contributed by atoms with van der Waals surface area (Å²) in [6.07, 6.45) is 6.88. The molecule has 1 aliphatic carbocycles. The van der Waals surface area contributed by atoms with Gasteiger partial charge in [0.05, 0.1) is 10.2 Å². The molecule has 0 spiro atoms. The summed E-state index contributed by atoms with van der Waals surface area (Å²) in [5, 5.41) is 5.28. The van der Waals surface area contributed by atoms with E-state index in [1.165, 1.54) is 32.1 Å². The molecule has 1 aliphatic rings. The summed E-state index contributed by atoms with van der Waals surface area (Å²) >= 11 is 7.70. The van der Waals surface area contributed by atoms with Gasteiger partial charge in [-0.25, -0.2) is 4.98 Å². The van der Waals surface area contributed by atoms with E-state index in [4.69, 9.17) is 11.6 Å². The van der Waals surface area contributed by atoms with Crippen LogP contribution in [0.4, 0.5) is 5.13 Å². The topological polar surface area (TPSA) is 24.9 Å². The second-order valence-electron chi connectivity index (χ2n) is 5.97. The largest absolute Gasteiger partial charge is 0.361 e. The minimum Gasteiger partial charge on any atom is -0.361 e. The zero-order valence-electron chi connectivity index (χ0n) is 11.9. The van der Waals surface area contributed by atoms with Crippen molar-refractivity contribution in [1.29, 1.82) is 0 Å². The van der Waals surface area contributed by atoms with Crippen LogP contribution < -0.4 is 5.32 Å². The van der Waals surface area contributed by atoms with Crippen molar-refractivity contribution < 1.29 is 0 Å². The molecule has 4 heteroatoms. The Balaban J connectivity index is 1.52. The Bertz CT molecular complexity index is 573. The molecule has 0 unspecified atom stereocenters. The maximum atomic E-state index is 6.00. The van der Waals surface area contributed by atoms with E-state index in [1.807, 2.05) is 18.2 Å². The van der Waals surface area contributed by atoms with Crippen molar-refractivity contribution in [3.05, 3.63) is 23.2 Å². The highest BCUT2D eigenvalue weighted by Gasteiger charge is 2.17. The standard InChI is InChI=1S/C16H21ClN2S/c1-11-2-4-12(5-3-11)8-9-18-16-19-14-7-6-13(17)10-15(14)20-16/h6-7,10-12H,2-5,8-9H2,1H3,(H,18,19). The first-order chi connectivity index (χ1) is 9.70. The van der Waals surface area contributed by atoms with Gasteiger partial charge in [0, 0.05) is 11.6 Å². The van der Waals surface area contributed by atoms with Gasteiger partial charge in [0.25, 0.3) is 0 Å². The van der Waals surface area contributed by atoms with E-state index in [0.717, 1.165) is 38.8 Å². The maximum Gasteiger partial charge on any atom is 0.183 e. The monoisotopic (exact) mass is 308 g/mol. The van der Waals surface area contributed by atoms with Crippen molar-refractivity contribution in [2.45, 2.75) is 39.0 Å². The molecule has 108 valence electrons. The maximum absolute atomic E-state index is 6.00. The minimum atomic E-state index is 0.782. The van der Waals surface area contributed by atoms with Gasteiger partial charge in [0.15, 0.2) is 5.13 Å². The molecule has 1 fully saturated rings. The summed E-state index contributed by atoms with van der Waals surface area (Å²) in [5.74, 6) is 1.84. The Morgan fingerprint density at radius 2 is 2.10 bits per heavy atom. The fraction of sp³-hybridized carbons (Fsp3) is 0.562. The third-order valence-corrected chi connectivity index (χ3v) is 5.53. The van der Waals surface area contributed by atoms with Crippen LogP contribution in [-0.2, 0) is 0 Å². The molecule has 0 amide bonds. The van der Waals surface area contributed by atoms with Crippen LogP contribution in [0.25, 0.3) is 10.2 Å². The van der Waals surface area contributed by atoms with Crippen LogP contribution in [0.15, 0.2) is 18.2 Å². The number of nitrogens with one attached hydrogen (secondary N) is 1. The normalized spacial score (nSPS) is 23.1. The smallest absolute Gasteiger partial charge is 0.183 e. The molecule has 0 bridgehead atoms. The molecule has 3 rings (SSSR count). The number of rotatable bonds is 4. The quantitative estimate of drug-likeness (QED) is 0.797. The Morgan fingerprint density at radius 1 is 1.30 bits per heavy atom. The number of aromatic nitrogens is 1. The highest BCUT2D eigenvalue weighted by atomic mass is 35.5. The number of hydrogen-bond donors (Lipinski definition) is 1. The number of nitrogens with zero attached hydrogens (tertiary/aromatic N) is 1. The summed E-state index contributed by atoms with van der Waals surface area (Å²) in [6, 6.07) is 5.88. The second-order valence-corrected chi connectivity index (χ2v) is 7.44. The number of anilines is 1. The molecular weight excluding hydrogens is 288 g/mol. The summed E-state index contributed by atoms with van der Waals surface area (Å²) in [4.78, 5) is 4.60.